The number of quaternary nitrogens is 1. The van der Waals surface area contributed by atoms with Crippen molar-refractivity contribution in [1.29, 1.82) is 0 Å². The van der Waals surface area contributed by atoms with Gasteiger partial charge in [-0.25, -0.2) is 0 Å². The zero-order valence-electron chi connectivity index (χ0n) is 13.0. The fourth-order valence-corrected chi connectivity index (χ4v) is 2.62. The Labute approximate surface area is 130 Å². The van der Waals surface area contributed by atoms with Crippen molar-refractivity contribution in [3.8, 4) is 11.5 Å². The molecule has 0 bridgehead atoms. The van der Waals surface area contributed by atoms with Crippen LogP contribution >= 0.6 is 11.3 Å². The lowest BCUT2D eigenvalue weighted by molar-refractivity contribution is -0.701. The van der Waals surface area contributed by atoms with Gasteiger partial charge in [0.15, 0.2) is 11.5 Å². The SMILES string of the molecule is CC[C@@H](C)[NH2+]Cc1ccc(OCc2cccs2)c(OC)c1. The average molecular weight is 306 g/mol. The molecule has 3 nitrogen and oxygen atoms in total. The Morgan fingerprint density at radius 2 is 2.10 bits per heavy atom. The third-order valence-corrected chi connectivity index (χ3v) is 4.43. The van der Waals surface area contributed by atoms with Gasteiger partial charge in [-0.2, -0.15) is 0 Å². The van der Waals surface area contributed by atoms with Gasteiger partial charge in [0.05, 0.1) is 13.2 Å². The van der Waals surface area contributed by atoms with E-state index >= 15 is 0 Å². The maximum atomic E-state index is 5.85. The van der Waals surface area contributed by atoms with Gasteiger partial charge in [0.25, 0.3) is 0 Å². The van der Waals surface area contributed by atoms with Gasteiger partial charge < -0.3 is 14.8 Å². The van der Waals surface area contributed by atoms with Crippen LogP contribution in [0.25, 0.3) is 0 Å². The van der Waals surface area contributed by atoms with Crippen LogP contribution in [0.2, 0.25) is 0 Å². The fraction of sp³-hybridized carbons (Fsp3) is 0.412. The zero-order valence-corrected chi connectivity index (χ0v) is 13.8. The van der Waals surface area contributed by atoms with Gasteiger partial charge in [0.2, 0.25) is 0 Å². The van der Waals surface area contributed by atoms with E-state index < -0.39 is 0 Å². The predicted octanol–water partition coefficient (Wildman–Crippen LogP) is 3.20. The lowest BCUT2D eigenvalue weighted by Gasteiger charge is -2.12. The Kier molecular flexibility index (Phi) is 6.08. The van der Waals surface area contributed by atoms with Crippen molar-refractivity contribution in [3.05, 3.63) is 46.2 Å². The van der Waals surface area contributed by atoms with E-state index in [1.54, 1.807) is 18.4 Å². The Balaban J connectivity index is 1.98. The van der Waals surface area contributed by atoms with E-state index in [0.29, 0.717) is 12.6 Å². The summed E-state index contributed by atoms with van der Waals surface area (Å²) in [6, 6.07) is 11.0. The van der Waals surface area contributed by atoms with Crippen molar-refractivity contribution >= 4 is 11.3 Å². The molecule has 0 saturated heterocycles. The highest BCUT2D eigenvalue weighted by molar-refractivity contribution is 7.09. The van der Waals surface area contributed by atoms with Gasteiger partial charge in [-0.3, -0.25) is 0 Å². The average Bonchev–Trinajstić information content (AvgIpc) is 3.04. The highest BCUT2D eigenvalue weighted by atomic mass is 32.1. The molecule has 0 unspecified atom stereocenters. The van der Waals surface area contributed by atoms with E-state index in [0.717, 1.165) is 18.0 Å². The van der Waals surface area contributed by atoms with Gasteiger partial charge in [-0.15, -0.1) is 11.3 Å². The summed E-state index contributed by atoms with van der Waals surface area (Å²) in [7, 11) is 1.69. The van der Waals surface area contributed by atoms with Crippen LogP contribution in [0.3, 0.4) is 0 Å². The number of methoxy groups -OCH3 is 1. The standard InChI is InChI=1S/C17H23NO2S/c1-4-13(2)18-11-14-7-8-16(17(10-14)19-3)20-12-15-6-5-9-21-15/h5-10,13,18H,4,11-12H2,1-3H3/p+1/t13-/m1/s1. The number of nitrogens with two attached hydrogens (primary N) is 1. The summed E-state index contributed by atoms with van der Waals surface area (Å²) in [6.07, 6.45) is 1.18. The van der Waals surface area contributed by atoms with Crippen LogP contribution in [0, 0.1) is 0 Å². The van der Waals surface area contributed by atoms with E-state index in [2.05, 4.69) is 42.7 Å². The Hall–Kier alpha value is -1.52. The Morgan fingerprint density at radius 3 is 2.76 bits per heavy atom. The van der Waals surface area contributed by atoms with Crippen LogP contribution in [0.15, 0.2) is 35.7 Å². The highest BCUT2D eigenvalue weighted by Gasteiger charge is 2.09. The molecule has 114 valence electrons. The number of hydrogen-bond donors (Lipinski definition) is 1. The van der Waals surface area contributed by atoms with Crippen molar-refractivity contribution < 1.29 is 14.8 Å². The van der Waals surface area contributed by atoms with Gasteiger partial charge >= 0.3 is 0 Å². The lowest BCUT2D eigenvalue weighted by Crippen LogP contribution is -2.87. The highest BCUT2D eigenvalue weighted by Crippen LogP contribution is 2.29. The van der Waals surface area contributed by atoms with Crippen LogP contribution in [0.4, 0.5) is 0 Å². The van der Waals surface area contributed by atoms with Gasteiger partial charge in [-0.05, 0) is 43.0 Å². The second kappa shape index (κ2) is 8.05. The molecule has 2 N–H and O–H groups in total. The smallest absolute Gasteiger partial charge is 0.161 e. The van der Waals surface area contributed by atoms with Gasteiger partial charge in [0, 0.05) is 10.4 Å². The molecule has 0 aliphatic heterocycles. The molecule has 2 rings (SSSR count). The van der Waals surface area contributed by atoms with E-state index in [-0.39, 0.29) is 0 Å². The molecule has 0 radical (unpaired) electrons. The monoisotopic (exact) mass is 306 g/mol. The minimum atomic E-state index is 0.590. The molecule has 1 heterocycles. The summed E-state index contributed by atoms with van der Waals surface area (Å²) in [5, 5.41) is 4.41. The first-order valence-corrected chi connectivity index (χ1v) is 8.26. The molecule has 1 aromatic heterocycles. The maximum absolute atomic E-state index is 5.85. The maximum Gasteiger partial charge on any atom is 0.161 e. The van der Waals surface area contributed by atoms with Gasteiger partial charge in [0.1, 0.15) is 13.2 Å². The molecule has 0 spiro atoms. The molecule has 1 aromatic carbocycles. The van der Waals surface area contributed by atoms with Crippen LogP contribution in [0.5, 0.6) is 11.5 Å². The Bertz CT molecular complexity index is 540. The number of ether oxygens (including phenoxy) is 2. The third-order valence-electron chi connectivity index (χ3n) is 3.58. The molecule has 21 heavy (non-hydrogen) atoms. The molecule has 0 fully saturated rings. The summed E-state index contributed by atoms with van der Waals surface area (Å²) < 4.78 is 11.3. The van der Waals surface area contributed by atoms with E-state index in [9.17, 15) is 0 Å². The largest absolute Gasteiger partial charge is 0.493 e. The molecular weight excluding hydrogens is 282 g/mol. The molecule has 2 aromatic rings. The first kappa shape index (κ1) is 15.9. The topological polar surface area (TPSA) is 35.1 Å². The fourth-order valence-electron chi connectivity index (χ4n) is 2.01. The number of benzene rings is 1. The molecule has 1 atom stereocenters. The molecule has 0 aliphatic carbocycles. The number of hydrogen-bond acceptors (Lipinski definition) is 3. The molecule has 0 amide bonds. The summed E-state index contributed by atoms with van der Waals surface area (Å²) in [6.45, 7) is 6.02. The predicted molar refractivity (Wildman–Crippen MR) is 87.0 cm³/mol. The van der Waals surface area contributed by atoms with Crippen molar-refractivity contribution in [2.24, 2.45) is 0 Å². The minimum absolute atomic E-state index is 0.590. The minimum Gasteiger partial charge on any atom is -0.493 e. The van der Waals surface area contributed by atoms with Crippen LogP contribution in [0.1, 0.15) is 30.7 Å². The van der Waals surface area contributed by atoms with Crippen molar-refractivity contribution in [3.63, 3.8) is 0 Å². The van der Waals surface area contributed by atoms with Crippen LogP contribution in [-0.4, -0.2) is 13.2 Å². The summed E-state index contributed by atoms with van der Waals surface area (Å²) in [5.74, 6) is 1.61. The first-order valence-electron chi connectivity index (χ1n) is 7.38. The quantitative estimate of drug-likeness (QED) is 0.813. The lowest BCUT2D eigenvalue weighted by atomic mass is 10.1. The van der Waals surface area contributed by atoms with Gasteiger partial charge in [-0.1, -0.05) is 13.0 Å². The second-order valence-electron chi connectivity index (χ2n) is 5.18. The summed E-state index contributed by atoms with van der Waals surface area (Å²) in [4.78, 5) is 1.21. The second-order valence-corrected chi connectivity index (χ2v) is 6.21. The summed E-state index contributed by atoms with van der Waals surface area (Å²) >= 11 is 1.70. The normalized spacial score (nSPS) is 12.1. The number of rotatable bonds is 8. The van der Waals surface area contributed by atoms with Crippen LogP contribution < -0.4 is 14.8 Å². The zero-order chi connectivity index (χ0) is 15.1. The van der Waals surface area contributed by atoms with E-state index in [1.807, 2.05) is 12.1 Å². The van der Waals surface area contributed by atoms with Crippen molar-refractivity contribution in [2.45, 2.75) is 39.5 Å². The molecule has 4 heteroatoms. The molecular formula is C17H24NO2S+. The Morgan fingerprint density at radius 1 is 1.24 bits per heavy atom. The molecule has 0 saturated carbocycles. The van der Waals surface area contributed by atoms with Crippen LogP contribution in [-0.2, 0) is 13.2 Å². The van der Waals surface area contributed by atoms with E-state index in [4.69, 9.17) is 9.47 Å². The van der Waals surface area contributed by atoms with Crippen molar-refractivity contribution in [1.82, 2.24) is 0 Å². The first-order chi connectivity index (χ1) is 10.2. The number of thiophene rings is 1. The van der Waals surface area contributed by atoms with Crippen molar-refractivity contribution in [2.75, 3.05) is 7.11 Å². The molecule has 0 aliphatic rings. The van der Waals surface area contributed by atoms with E-state index in [1.165, 1.54) is 16.9 Å². The third kappa shape index (κ3) is 4.76. The summed E-state index contributed by atoms with van der Waals surface area (Å²) in [5.41, 5.74) is 1.26.